The van der Waals surface area contributed by atoms with E-state index in [1.54, 1.807) is 30.4 Å². The number of carbonyl (C=O) groups excluding carboxylic acids is 2. The maximum Gasteiger partial charge on any atom is 0.269 e. The van der Waals surface area contributed by atoms with Crippen LogP contribution in [0.4, 0.5) is 0 Å². The summed E-state index contributed by atoms with van der Waals surface area (Å²) in [5.41, 5.74) is 6.20. The Kier molecular flexibility index (Phi) is 5.38. The topological polar surface area (TPSA) is 58.2 Å². The number of aryl methyl sites for hydroxylation is 1. The first kappa shape index (κ1) is 13.7. The molecule has 0 atom stereocenters. The molecule has 2 N–H and O–H groups in total. The Morgan fingerprint density at radius 3 is 2.33 bits per heavy atom. The Hall–Kier alpha value is -2.36. The summed E-state index contributed by atoms with van der Waals surface area (Å²) >= 11 is 0. The van der Waals surface area contributed by atoms with E-state index in [1.165, 1.54) is 6.08 Å². The molecule has 0 aliphatic carbocycles. The van der Waals surface area contributed by atoms with Crippen molar-refractivity contribution in [1.82, 2.24) is 10.9 Å². The van der Waals surface area contributed by atoms with Crippen LogP contribution in [0, 0.1) is 6.92 Å². The molecule has 1 rings (SSSR count). The molecule has 0 saturated heterocycles. The third-order valence-corrected chi connectivity index (χ3v) is 2.16. The van der Waals surface area contributed by atoms with E-state index in [2.05, 4.69) is 10.9 Å². The number of amides is 2. The van der Waals surface area contributed by atoms with E-state index in [1.807, 2.05) is 26.0 Å². The highest BCUT2D eigenvalue weighted by Crippen LogP contribution is 2.02. The average Bonchev–Trinajstić information content (AvgIpc) is 2.37. The zero-order valence-electron chi connectivity index (χ0n) is 10.4. The minimum absolute atomic E-state index is 0.345. The Morgan fingerprint density at radius 1 is 1.06 bits per heavy atom. The molecular weight excluding hydrogens is 228 g/mol. The van der Waals surface area contributed by atoms with Crippen molar-refractivity contribution in [1.29, 1.82) is 0 Å². The maximum absolute atomic E-state index is 11.6. The Morgan fingerprint density at radius 2 is 1.72 bits per heavy atom. The van der Waals surface area contributed by atoms with Crippen LogP contribution in [0.25, 0.3) is 0 Å². The standard InChI is InChI=1S/C14H16N2O2/c1-3-4-5-6-13(17)15-16-14(18)12-9-7-11(2)8-10-12/h3-10H,1-2H3,(H,15,17)(H,16,18)/b4-3+,6-5+. The van der Waals surface area contributed by atoms with Crippen molar-refractivity contribution in [2.24, 2.45) is 0 Å². The molecule has 18 heavy (non-hydrogen) atoms. The second-order valence-electron chi connectivity index (χ2n) is 3.69. The van der Waals surface area contributed by atoms with E-state index in [4.69, 9.17) is 0 Å². The number of nitrogens with one attached hydrogen (secondary N) is 2. The molecular formula is C14H16N2O2. The van der Waals surface area contributed by atoms with Gasteiger partial charge in [-0.1, -0.05) is 35.9 Å². The van der Waals surface area contributed by atoms with Crippen LogP contribution < -0.4 is 10.9 Å². The quantitative estimate of drug-likeness (QED) is 0.484. The maximum atomic E-state index is 11.6. The normalized spacial score (nSPS) is 10.8. The van der Waals surface area contributed by atoms with Crippen molar-refractivity contribution >= 4 is 11.8 Å². The lowest BCUT2D eigenvalue weighted by atomic mass is 10.1. The zero-order chi connectivity index (χ0) is 13.4. The van der Waals surface area contributed by atoms with Gasteiger partial charge in [0, 0.05) is 11.6 Å². The van der Waals surface area contributed by atoms with Crippen molar-refractivity contribution in [3.63, 3.8) is 0 Å². The number of rotatable bonds is 3. The van der Waals surface area contributed by atoms with Crippen LogP contribution in [0.15, 0.2) is 48.6 Å². The zero-order valence-corrected chi connectivity index (χ0v) is 10.4. The first-order valence-electron chi connectivity index (χ1n) is 5.60. The molecule has 0 aliphatic heterocycles. The fraction of sp³-hybridized carbons (Fsp3) is 0.143. The van der Waals surface area contributed by atoms with Crippen LogP contribution in [0.1, 0.15) is 22.8 Å². The van der Waals surface area contributed by atoms with Crippen molar-refractivity contribution < 1.29 is 9.59 Å². The fourth-order valence-electron chi connectivity index (χ4n) is 1.19. The Balaban J connectivity index is 2.46. The molecule has 0 heterocycles. The lowest BCUT2D eigenvalue weighted by molar-refractivity contribution is -0.117. The molecule has 4 heteroatoms. The van der Waals surface area contributed by atoms with Crippen LogP contribution in [-0.2, 0) is 4.79 Å². The van der Waals surface area contributed by atoms with E-state index < -0.39 is 0 Å². The highest BCUT2D eigenvalue weighted by atomic mass is 16.2. The number of allylic oxidation sites excluding steroid dienone is 3. The molecule has 0 spiro atoms. The van der Waals surface area contributed by atoms with Gasteiger partial charge in [0.1, 0.15) is 0 Å². The van der Waals surface area contributed by atoms with Crippen LogP contribution >= 0.6 is 0 Å². The van der Waals surface area contributed by atoms with Gasteiger partial charge in [0.25, 0.3) is 11.8 Å². The molecule has 4 nitrogen and oxygen atoms in total. The van der Waals surface area contributed by atoms with Crippen molar-refractivity contribution in [3.8, 4) is 0 Å². The molecule has 0 saturated carbocycles. The third kappa shape index (κ3) is 4.65. The van der Waals surface area contributed by atoms with Gasteiger partial charge in [0.15, 0.2) is 0 Å². The van der Waals surface area contributed by atoms with Crippen molar-refractivity contribution in [3.05, 3.63) is 59.7 Å². The predicted molar refractivity (Wildman–Crippen MR) is 70.7 cm³/mol. The molecule has 0 aromatic heterocycles. The predicted octanol–water partition coefficient (Wildman–Crippen LogP) is 1.89. The smallest absolute Gasteiger partial charge is 0.268 e. The van der Waals surface area contributed by atoms with Crippen molar-refractivity contribution in [2.75, 3.05) is 0 Å². The van der Waals surface area contributed by atoms with E-state index in [-0.39, 0.29) is 11.8 Å². The second-order valence-corrected chi connectivity index (χ2v) is 3.69. The highest BCUT2D eigenvalue weighted by Gasteiger charge is 2.04. The molecule has 0 radical (unpaired) electrons. The summed E-state index contributed by atoms with van der Waals surface area (Å²) in [6.45, 7) is 3.79. The van der Waals surface area contributed by atoms with E-state index in [0.717, 1.165) is 5.56 Å². The molecule has 1 aromatic rings. The van der Waals surface area contributed by atoms with Gasteiger partial charge in [-0.3, -0.25) is 20.4 Å². The molecule has 2 amide bonds. The summed E-state index contributed by atoms with van der Waals surface area (Å²) in [6, 6.07) is 7.07. The van der Waals surface area contributed by atoms with Gasteiger partial charge >= 0.3 is 0 Å². The van der Waals surface area contributed by atoms with Crippen LogP contribution in [0.5, 0.6) is 0 Å². The van der Waals surface area contributed by atoms with Gasteiger partial charge < -0.3 is 0 Å². The average molecular weight is 244 g/mol. The van der Waals surface area contributed by atoms with Gasteiger partial charge in [0.2, 0.25) is 0 Å². The summed E-state index contributed by atoms with van der Waals surface area (Å²) in [7, 11) is 0. The molecule has 94 valence electrons. The van der Waals surface area contributed by atoms with Crippen LogP contribution in [0.2, 0.25) is 0 Å². The van der Waals surface area contributed by atoms with Gasteiger partial charge in [-0.15, -0.1) is 0 Å². The van der Waals surface area contributed by atoms with Gasteiger partial charge in [-0.25, -0.2) is 0 Å². The molecule has 0 fully saturated rings. The van der Waals surface area contributed by atoms with Gasteiger partial charge in [0.05, 0.1) is 0 Å². The SMILES string of the molecule is C/C=C/C=C/C(=O)NNC(=O)c1ccc(C)cc1. The highest BCUT2D eigenvalue weighted by molar-refractivity contribution is 5.96. The Bertz CT molecular complexity index is 473. The monoisotopic (exact) mass is 244 g/mol. The Labute approximate surface area is 106 Å². The van der Waals surface area contributed by atoms with Crippen molar-refractivity contribution in [2.45, 2.75) is 13.8 Å². The molecule has 0 aliphatic rings. The van der Waals surface area contributed by atoms with Crippen LogP contribution in [0.3, 0.4) is 0 Å². The number of hydrogen-bond acceptors (Lipinski definition) is 2. The summed E-state index contributed by atoms with van der Waals surface area (Å²) in [6.07, 6.45) is 6.44. The van der Waals surface area contributed by atoms with Gasteiger partial charge in [-0.05, 0) is 26.0 Å². The van der Waals surface area contributed by atoms with E-state index >= 15 is 0 Å². The lowest BCUT2D eigenvalue weighted by Gasteiger charge is -2.05. The first-order valence-corrected chi connectivity index (χ1v) is 5.60. The largest absolute Gasteiger partial charge is 0.269 e. The summed E-state index contributed by atoms with van der Waals surface area (Å²) in [4.78, 5) is 22.9. The summed E-state index contributed by atoms with van der Waals surface area (Å²) in [5.74, 6) is -0.726. The first-order chi connectivity index (χ1) is 8.63. The minimum atomic E-state index is -0.381. The lowest BCUT2D eigenvalue weighted by Crippen LogP contribution is -2.40. The molecule has 0 unspecified atom stereocenters. The minimum Gasteiger partial charge on any atom is -0.268 e. The molecule has 1 aromatic carbocycles. The number of hydrogen-bond donors (Lipinski definition) is 2. The summed E-state index contributed by atoms with van der Waals surface area (Å²) < 4.78 is 0. The van der Waals surface area contributed by atoms with Crippen LogP contribution in [-0.4, -0.2) is 11.8 Å². The van der Waals surface area contributed by atoms with Gasteiger partial charge in [-0.2, -0.15) is 0 Å². The summed E-state index contributed by atoms with van der Waals surface area (Å²) in [5, 5.41) is 0. The van der Waals surface area contributed by atoms with E-state index in [9.17, 15) is 9.59 Å². The second kappa shape index (κ2) is 7.06. The third-order valence-electron chi connectivity index (χ3n) is 2.16. The number of carbonyl (C=O) groups is 2. The number of hydrazine groups is 1. The van der Waals surface area contributed by atoms with E-state index in [0.29, 0.717) is 5.56 Å². The molecule has 0 bridgehead atoms. The number of benzene rings is 1. The fourth-order valence-corrected chi connectivity index (χ4v) is 1.19.